The van der Waals surface area contributed by atoms with Crippen LogP contribution in [0.25, 0.3) is 11.0 Å². The van der Waals surface area contributed by atoms with Crippen molar-refractivity contribution in [3.63, 3.8) is 0 Å². The van der Waals surface area contributed by atoms with E-state index in [9.17, 15) is 4.39 Å². The van der Waals surface area contributed by atoms with Gasteiger partial charge in [-0.1, -0.05) is 29.3 Å². The Morgan fingerprint density at radius 1 is 1.16 bits per heavy atom. The summed E-state index contributed by atoms with van der Waals surface area (Å²) in [5.74, 6) is -0.338. The lowest BCUT2D eigenvalue weighted by Gasteiger charge is -2.08. The maximum absolute atomic E-state index is 13.8. The van der Waals surface area contributed by atoms with Gasteiger partial charge in [-0.25, -0.2) is 14.4 Å². The molecular weight excluding hydrogens is 288 g/mol. The molecule has 0 aliphatic rings. The van der Waals surface area contributed by atoms with Gasteiger partial charge in [0.15, 0.2) is 0 Å². The first-order valence-electron chi connectivity index (χ1n) is 5.55. The van der Waals surface area contributed by atoms with Crippen molar-refractivity contribution in [3.8, 4) is 0 Å². The molecule has 0 fully saturated rings. The Kier molecular flexibility index (Phi) is 3.12. The zero-order chi connectivity index (χ0) is 13.4. The SMILES string of the molecule is Fc1cccc(Cl)c1Cn1ccc2c(Cl)ncnc21. The normalized spacial score (nSPS) is 11.1. The fourth-order valence-electron chi connectivity index (χ4n) is 1.95. The van der Waals surface area contributed by atoms with Crippen LogP contribution in [0.3, 0.4) is 0 Å². The summed E-state index contributed by atoms with van der Waals surface area (Å²) in [6, 6.07) is 6.42. The number of rotatable bonds is 2. The summed E-state index contributed by atoms with van der Waals surface area (Å²) in [4.78, 5) is 8.06. The molecule has 3 rings (SSSR count). The third kappa shape index (κ3) is 2.17. The molecule has 6 heteroatoms. The van der Waals surface area contributed by atoms with E-state index in [0.29, 0.717) is 27.9 Å². The molecule has 0 aliphatic heterocycles. The van der Waals surface area contributed by atoms with E-state index < -0.39 is 0 Å². The fraction of sp³-hybridized carbons (Fsp3) is 0.0769. The molecule has 0 atom stereocenters. The van der Waals surface area contributed by atoms with Crippen molar-refractivity contribution in [1.29, 1.82) is 0 Å². The Morgan fingerprint density at radius 3 is 2.79 bits per heavy atom. The van der Waals surface area contributed by atoms with Gasteiger partial charge >= 0.3 is 0 Å². The number of hydrogen-bond donors (Lipinski definition) is 0. The largest absolute Gasteiger partial charge is 0.328 e. The van der Waals surface area contributed by atoms with Crippen LogP contribution in [-0.4, -0.2) is 14.5 Å². The summed E-state index contributed by atoms with van der Waals surface area (Å²) in [6.07, 6.45) is 3.16. The highest BCUT2D eigenvalue weighted by Gasteiger charge is 2.11. The van der Waals surface area contributed by atoms with Crippen LogP contribution in [0.5, 0.6) is 0 Å². The lowest BCUT2D eigenvalue weighted by Crippen LogP contribution is -2.02. The molecule has 0 bridgehead atoms. The number of benzene rings is 1. The van der Waals surface area contributed by atoms with Crippen LogP contribution in [0.2, 0.25) is 10.2 Å². The number of hydrogen-bond acceptors (Lipinski definition) is 2. The van der Waals surface area contributed by atoms with Crippen LogP contribution in [-0.2, 0) is 6.54 Å². The van der Waals surface area contributed by atoms with E-state index in [1.54, 1.807) is 29.0 Å². The molecular formula is C13H8Cl2FN3. The van der Waals surface area contributed by atoms with Gasteiger partial charge in [0.1, 0.15) is 22.9 Å². The first kappa shape index (κ1) is 12.4. The van der Waals surface area contributed by atoms with E-state index in [1.807, 2.05) is 0 Å². The average Bonchev–Trinajstić information content (AvgIpc) is 2.79. The molecule has 0 saturated heterocycles. The van der Waals surface area contributed by atoms with E-state index in [2.05, 4.69) is 9.97 Å². The van der Waals surface area contributed by atoms with E-state index in [1.165, 1.54) is 12.4 Å². The molecule has 2 heterocycles. The highest BCUT2D eigenvalue weighted by Crippen LogP contribution is 2.24. The average molecular weight is 296 g/mol. The van der Waals surface area contributed by atoms with Gasteiger partial charge in [-0.3, -0.25) is 0 Å². The Hall–Kier alpha value is -1.65. The summed E-state index contributed by atoms with van der Waals surface area (Å²) in [6.45, 7) is 0.294. The van der Waals surface area contributed by atoms with E-state index in [-0.39, 0.29) is 5.82 Å². The molecule has 2 aromatic heterocycles. The second kappa shape index (κ2) is 4.79. The Labute approximate surface area is 118 Å². The van der Waals surface area contributed by atoms with E-state index in [4.69, 9.17) is 23.2 Å². The van der Waals surface area contributed by atoms with Crippen molar-refractivity contribution in [2.24, 2.45) is 0 Å². The third-order valence-electron chi connectivity index (χ3n) is 2.90. The van der Waals surface area contributed by atoms with Gasteiger partial charge < -0.3 is 4.57 Å². The minimum atomic E-state index is -0.338. The van der Waals surface area contributed by atoms with Crippen LogP contribution in [0.1, 0.15) is 5.56 Å². The molecule has 0 unspecified atom stereocenters. The fourth-order valence-corrected chi connectivity index (χ4v) is 2.37. The first-order chi connectivity index (χ1) is 9.16. The summed E-state index contributed by atoms with van der Waals surface area (Å²) in [7, 11) is 0. The molecule has 96 valence electrons. The van der Waals surface area contributed by atoms with Crippen LogP contribution < -0.4 is 0 Å². The number of halogens is 3. The van der Waals surface area contributed by atoms with Gasteiger partial charge in [0, 0.05) is 16.8 Å². The summed E-state index contributed by atoms with van der Waals surface area (Å²) in [5, 5.41) is 1.50. The molecule has 0 radical (unpaired) electrons. The molecule has 0 saturated carbocycles. The minimum absolute atomic E-state index is 0.294. The maximum atomic E-state index is 13.8. The molecule has 0 aliphatic carbocycles. The number of aromatic nitrogens is 3. The lowest BCUT2D eigenvalue weighted by atomic mass is 10.2. The highest BCUT2D eigenvalue weighted by molar-refractivity contribution is 6.34. The lowest BCUT2D eigenvalue weighted by molar-refractivity contribution is 0.601. The van der Waals surface area contributed by atoms with Gasteiger partial charge in [0.2, 0.25) is 0 Å². The number of fused-ring (bicyclic) bond motifs is 1. The van der Waals surface area contributed by atoms with Crippen LogP contribution in [0.4, 0.5) is 4.39 Å². The zero-order valence-electron chi connectivity index (χ0n) is 9.65. The third-order valence-corrected chi connectivity index (χ3v) is 3.55. The molecule has 3 nitrogen and oxygen atoms in total. The van der Waals surface area contributed by atoms with Crippen molar-refractivity contribution in [1.82, 2.24) is 14.5 Å². The highest BCUT2D eigenvalue weighted by atomic mass is 35.5. The maximum Gasteiger partial charge on any atom is 0.145 e. The van der Waals surface area contributed by atoms with Crippen LogP contribution >= 0.6 is 23.2 Å². The predicted molar refractivity (Wildman–Crippen MR) is 73.1 cm³/mol. The van der Waals surface area contributed by atoms with Crippen LogP contribution in [0.15, 0.2) is 36.8 Å². The van der Waals surface area contributed by atoms with Gasteiger partial charge in [-0.2, -0.15) is 0 Å². The van der Waals surface area contributed by atoms with Crippen molar-refractivity contribution in [2.45, 2.75) is 6.54 Å². The Bertz CT molecular complexity index is 734. The van der Waals surface area contributed by atoms with Crippen molar-refractivity contribution >= 4 is 34.2 Å². The second-order valence-electron chi connectivity index (χ2n) is 4.05. The Balaban J connectivity index is 2.09. The predicted octanol–water partition coefficient (Wildman–Crippen LogP) is 3.93. The molecule has 0 spiro atoms. The van der Waals surface area contributed by atoms with Gasteiger partial charge in [-0.05, 0) is 18.2 Å². The summed E-state index contributed by atoms with van der Waals surface area (Å²) >= 11 is 12.0. The zero-order valence-corrected chi connectivity index (χ0v) is 11.2. The van der Waals surface area contributed by atoms with Crippen molar-refractivity contribution in [2.75, 3.05) is 0 Å². The van der Waals surface area contributed by atoms with Crippen molar-refractivity contribution < 1.29 is 4.39 Å². The minimum Gasteiger partial charge on any atom is -0.328 e. The van der Waals surface area contributed by atoms with Crippen LogP contribution in [0, 0.1) is 5.82 Å². The molecule has 0 amide bonds. The first-order valence-corrected chi connectivity index (χ1v) is 6.30. The summed E-state index contributed by atoms with van der Waals surface area (Å²) in [5.41, 5.74) is 1.08. The van der Waals surface area contributed by atoms with Crippen molar-refractivity contribution in [3.05, 3.63) is 58.3 Å². The second-order valence-corrected chi connectivity index (χ2v) is 4.81. The number of nitrogens with zero attached hydrogens (tertiary/aromatic N) is 3. The van der Waals surface area contributed by atoms with Gasteiger partial charge in [0.05, 0.1) is 11.9 Å². The standard InChI is InChI=1S/C13H8Cl2FN3/c14-10-2-1-3-11(16)9(10)6-19-5-4-8-12(15)17-7-18-13(8)19/h1-5,7H,6H2. The molecule has 0 N–H and O–H groups in total. The quantitative estimate of drug-likeness (QED) is 0.671. The smallest absolute Gasteiger partial charge is 0.145 e. The van der Waals surface area contributed by atoms with E-state index in [0.717, 1.165) is 5.39 Å². The Morgan fingerprint density at radius 2 is 2.00 bits per heavy atom. The topological polar surface area (TPSA) is 30.7 Å². The molecule has 19 heavy (non-hydrogen) atoms. The van der Waals surface area contributed by atoms with E-state index >= 15 is 0 Å². The van der Waals surface area contributed by atoms with Gasteiger partial charge in [-0.15, -0.1) is 0 Å². The molecule has 1 aromatic carbocycles. The monoisotopic (exact) mass is 295 g/mol. The summed E-state index contributed by atoms with van der Waals surface area (Å²) < 4.78 is 15.6. The van der Waals surface area contributed by atoms with Gasteiger partial charge in [0.25, 0.3) is 0 Å². The molecule has 3 aromatic rings.